The lowest BCUT2D eigenvalue weighted by atomic mass is 10.1. The molecule has 0 aliphatic rings. The van der Waals surface area contributed by atoms with Crippen molar-refractivity contribution in [1.82, 2.24) is 5.32 Å². The van der Waals surface area contributed by atoms with Crippen molar-refractivity contribution in [2.24, 2.45) is 0 Å². The van der Waals surface area contributed by atoms with Gasteiger partial charge < -0.3 is 20.6 Å². The van der Waals surface area contributed by atoms with Gasteiger partial charge in [0.25, 0.3) is 0 Å². The molecule has 242 valence electrons. The Morgan fingerprint density at radius 2 is 1.19 bits per heavy atom. The molecule has 42 heavy (non-hydrogen) atoms. The number of aliphatic hydroxyl groups is 3. The van der Waals surface area contributed by atoms with E-state index in [1.807, 2.05) is 24.3 Å². The van der Waals surface area contributed by atoms with E-state index in [0.717, 1.165) is 25.7 Å². The highest BCUT2D eigenvalue weighted by atomic mass is 16.3. The summed E-state index contributed by atoms with van der Waals surface area (Å²) in [5.74, 6) is -0.227. The van der Waals surface area contributed by atoms with E-state index in [1.54, 1.807) is 12.2 Å². The van der Waals surface area contributed by atoms with Gasteiger partial charge >= 0.3 is 0 Å². The molecule has 0 saturated carbocycles. The number of aliphatic hydroxyl groups excluding tert-OH is 3. The molecule has 0 aliphatic carbocycles. The Hall–Kier alpha value is -1.95. The third-order valence-corrected chi connectivity index (χ3v) is 7.35. The second kappa shape index (κ2) is 32.0. The van der Waals surface area contributed by atoms with Crippen LogP contribution < -0.4 is 5.32 Å². The lowest BCUT2D eigenvalue weighted by molar-refractivity contribution is -0.123. The van der Waals surface area contributed by atoms with E-state index in [0.29, 0.717) is 12.8 Å². The van der Waals surface area contributed by atoms with Gasteiger partial charge in [0.2, 0.25) is 5.91 Å². The van der Waals surface area contributed by atoms with E-state index >= 15 is 0 Å². The van der Waals surface area contributed by atoms with Gasteiger partial charge in [-0.05, 0) is 51.4 Å². The molecule has 0 bridgehead atoms. The van der Waals surface area contributed by atoms with E-state index in [4.69, 9.17) is 0 Å². The number of unbranched alkanes of at least 4 members (excludes halogenated alkanes) is 13. The molecule has 0 aromatic heterocycles. The summed E-state index contributed by atoms with van der Waals surface area (Å²) in [6.45, 7) is 4.15. The van der Waals surface area contributed by atoms with Gasteiger partial charge in [-0.3, -0.25) is 4.79 Å². The summed E-state index contributed by atoms with van der Waals surface area (Å²) in [5, 5.41) is 32.8. The second-order valence-corrected chi connectivity index (χ2v) is 11.4. The minimum Gasteiger partial charge on any atom is -0.394 e. The van der Waals surface area contributed by atoms with Crippen molar-refractivity contribution in [2.45, 2.75) is 161 Å². The Morgan fingerprint density at radius 3 is 1.86 bits per heavy atom. The number of nitrogens with one attached hydrogen (secondary N) is 1. The Bertz CT molecular complexity index is 740. The van der Waals surface area contributed by atoms with Gasteiger partial charge in [-0.25, -0.2) is 0 Å². The number of carbonyl (C=O) groups is 1. The molecule has 0 saturated heterocycles. The van der Waals surface area contributed by atoms with Crippen LogP contribution in [0.5, 0.6) is 0 Å². The number of amides is 1. The third-order valence-electron chi connectivity index (χ3n) is 7.35. The maximum Gasteiger partial charge on any atom is 0.220 e. The molecule has 0 unspecified atom stereocenters. The summed E-state index contributed by atoms with van der Waals surface area (Å²) < 4.78 is 0. The van der Waals surface area contributed by atoms with Crippen molar-refractivity contribution in [3.05, 3.63) is 60.8 Å². The first-order valence-corrected chi connectivity index (χ1v) is 17.1. The molecule has 5 nitrogen and oxygen atoms in total. The van der Waals surface area contributed by atoms with Crippen LogP contribution in [0.3, 0.4) is 0 Å². The Balaban J connectivity index is 3.94. The normalized spacial score (nSPS) is 14.7. The van der Waals surface area contributed by atoms with E-state index < -0.39 is 18.2 Å². The summed E-state index contributed by atoms with van der Waals surface area (Å²) in [6, 6.07) is -0.715. The van der Waals surface area contributed by atoms with Crippen LogP contribution in [-0.2, 0) is 4.79 Å². The number of carbonyl (C=O) groups excluding carboxylic acids is 1. The molecule has 4 N–H and O–H groups in total. The van der Waals surface area contributed by atoms with Gasteiger partial charge in [-0.2, -0.15) is 0 Å². The lowest BCUT2D eigenvalue weighted by Gasteiger charge is -2.20. The summed E-state index contributed by atoms with van der Waals surface area (Å²) in [4.78, 5) is 12.3. The quantitative estimate of drug-likeness (QED) is 0.0400. The zero-order valence-electron chi connectivity index (χ0n) is 27.1. The van der Waals surface area contributed by atoms with Crippen LogP contribution in [-0.4, -0.2) is 46.1 Å². The van der Waals surface area contributed by atoms with Gasteiger partial charge in [-0.1, -0.05) is 145 Å². The maximum atomic E-state index is 12.3. The molecule has 1 amide bonds. The minimum atomic E-state index is -0.913. The fraction of sp³-hybridized carbons (Fsp3) is 0.703. The first kappa shape index (κ1) is 40.1. The molecule has 0 aromatic carbocycles. The van der Waals surface area contributed by atoms with Crippen molar-refractivity contribution in [2.75, 3.05) is 6.61 Å². The highest BCUT2D eigenvalue weighted by molar-refractivity contribution is 5.76. The summed E-state index contributed by atoms with van der Waals surface area (Å²) in [6.07, 6.45) is 40.3. The fourth-order valence-electron chi connectivity index (χ4n) is 4.63. The maximum absolute atomic E-state index is 12.3. The SMILES string of the molecule is CCCCC/C=C\C/C=C\C/C=C\C=C\[C@H](O)CCCC(=O)N[C@@H](CO)[C@H](O)/C=C/CCCCCCCCCCCC. The van der Waals surface area contributed by atoms with Gasteiger partial charge in [-0.15, -0.1) is 0 Å². The molecule has 3 atom stereocenters. The molecule has 0 fully saturated rings. The fourth-order valence-corrected chi connectivity index (χ4v) is 4.63. The second-order valence-electron chi connectivity index (χ2n) is 11.4. The van der Waals surface area contributed by atoms with Gasteiger partial charge in [0.15, 0.2) is 0 Å². The monoisotopic (exact) mass is 587 g/mol. The highest BCUT2D eigenvalue weighted by Crippen LogP contribution is 2.12. The van der Waals surface area contributed by atoms with Crippen molar-refractivity contribution in [3.63, 3.8) is 0 Å². The van der Waals surface area contributed by atoms with Crippen LogP contribution >= 0.6 is 0 Å². The van der Waals surface area contributed by atoms with Crippen molar-refractivity contribution in [1.29, 1.82) is 0 Å². The van der Waals surface area contributed by atoms with Crippen molar-refractivity contribution >= 4 is 5.91 Å². The summed E-state index contributed by atoms with van der Waals surface area (Å²) >= 11 is 0. The number of hydrogen-bond donors (Lipinski definition) is 4. The van der Waals surface area contributed by atoms with Crippen LogP contribution in [0.15, 0.2) is 60.8 Å². The molecule has 0 aliphatic heterocycles. The van der Waals surface area contributed by atoms with Crippen molar-refractivity contribution in [3.8, 4) is 0 Å². The average Bonchev–Trinajstić information content (AvgIpc) is 2.98. The largest absolute Gasteiger partial charge is 0.394 e. The average molecular weight is 588 g/mol. The topological polar surface area (TPSA) is 89.8 Å². The predicted molar refractivity (Wildman–Crippen MR) is 180 cm³/mol. The number of hydrogen-bond acceptors (Lipinski definition) is 4. The number of allylic oxidation sites excluding steroid dienone is 8. The zero-order chi connectivity index (χ0) is 30.9. The molecule has 0 radical (unpaired) electrons. The first-order chi connectivity index (χ1) is 20.5. The molecular formula is C37H65NO4. The van der Waals surface area contributed by atoms with Crippen LogP contribution in [0.25, 0.3) is 0 Å². The smallest absolute Gasteiger partial charge is 0.220 e. The highest BCUT2D eigenvalue weighted by Gasteiger charge is 2.18. The van der Waals surface area contributed by atoms with Crippen molar-refractivity contribution < 1.29 is 20.1 Å². The molecule has 0 heterocycles. The first-order valence-electron chi connectivity index (χ1n) is 17.1. The predicted octanol–water partition coefficient (Wildman–Crippen LogP) is 8.81. The zero-order valence-corrected chi connectivity index (χ0v) is 27.1. The van der Waals surface area contributed by atoms with Crippen LogP contribution in [0, 0.1) is 0 Å². The summed E-state index contributed by atoms with van der Waals surface area (Å²) in [7, 11) is 0. The van der Waals surface area contributed by atoms with Crippen LogP contribution in [0.2, 0.25) is 0 Å². The molecule has 0 rings (SSSR count). The Kier molecular flexibility index (Phi) is 30.5. The van der Waals surface area contributed by atoms with Gasteiger partial charge in [0.1, 0.15) is 0 Å². The van der Waals surface area contributed by atoms with E-state index in [9.17, 15) is 20.1 Å². The third kappa shape index (κ3) is 28.2. The standard InChI is InChI=1S/C37H65NO4/c1-3-5-7-9-11-13-15-17-18-20-22-24-26-29-34(40)30-28-32-37(42)38-35(33-39)36(41)31-27-25-23-21-19-16-14-12-10-8-6-4-2/h11,13,17-18,22,24,26-27,29,31,34-36,39-41H,3-10,12,14-16,19-21,23,25,28,30,32-33H2,1-2H3,(H,38,42)/b13-11-,18-17-,24-22-,29-26+,31-27+/t34-,35-,36+/m0/s1. The van der Waals surface area contributed by atoms with Gasteiger partial charge in [0.05, 0.1) is 24.9 Å². The van der Waals surface area contributed by atoms with Gasteiger partial charge in [0, 0.05) is 6.42 Å². The number of rotatable bonds is 29. The van der Waals surface area contributed by atoms with E-state index in [2.05, 4.69) is 43.5 Å². The molecule has 5 heteroatoms. The molecule has 0 spiro atoms. The van der Waals surface area contributed by atoms with E-state index in [-0.39, 0.29) is 18.9 Å². The molecule has 0 aromatic rings. The Morgan fingerprint density at radius 1 is 0.643 bits per heavy atom. The van der Waals surface area contributed by atoms with E-state index in [1.165, 1.54) is 83.5 Å². The lowest BCUT2D eigenvalue weighted by Crippen LogP contribution is -2.45. The van der Waals surface area contributed by atoms with Crippen LogP contribution in [0.1, 0.15) is 142 Å². The Labute approximate surface area is 259 Å². The van der Waals surface area contributed by atoms with Crippen LogP contribution in [0.4, 0.5) is 0 Å². The minimum absolute atomic E-state index is 0.227. The molecular weight excluding hydrogens is 522 g/mol. The summed E-state index contributed by atoms with van der Waals surface area (Å²) in [5.41, 5.74) is 0.